The van der Waals surface area contributed by atoms with E-state index < -0.39 is 5.54 Å². The Kier molecular flexibility index (Phi) is 4.47. The van der Waals surface area contributed by atoms with Crippen molar-refractivity contribution in [3.05, 3.63) is 24.4 Å². The Hall–Kier alpha value is -2.48. The molecule has 2 fully saturated rings. The fraction of sp³-hybridized carbons (Fsp3) is 0.529. The van der Waals surface area contributed by atoms with Crippen LogP contribution in [0.1, 0.15) is 19.8 Å². The number of likely N-dealkylation sites (N-methyl/N-ethyl adjacent to an activating group) is 2. The van der Waals surface area contributed by atoms with Gasteiger partial charge in [-0.15, -0.1) is 0 Å². The van der Waals surface area contributed by atoms with Crippen LogP contribution in [0, 0.1) is 0 Å². The molecule has 8 nitrogen and oxygen atoms in total. The topological polar surface area (TPSA) is 85.9 Å². The first-order chi connectivity index (χ1) is 11.9. The molecule has 3 rings (SSSR count). The van der Waals surface area contributed by atoms with Crippen molar-refractivity contribution >= 4 is 23.7 Å². The lowest BCUT2D eigenvalue weighted by Crippen LogP contribution is -2.57. The average molecular weight is 345 g/mol. The number of piperidine rings is 1. The fourth-order valence-electron chi connectivity index (χ4n) is 3.61. The maximum atomic E-state index is 12.5. The number of rotatable bonds is 3. The number of carbonyl (C=O) groups excluding carboxylic acids is 3. The molecule has 8 heteroatoms. The maximum absolute atomic E-state index is 12.5. The Balaban J connectivity index is 1.63. The molecule has 3 heterocycles. The highest BCUT2D eigenvalue weighted by Gasteiger charge is 2.55. The zero-order chi connectivity index (χ0) is 18.2. The van der Waals surface area contributed by atoms with E-state index >= 15 is 0 Å². The number of amides is 4. The molecule has 2 saturated heterocycles. The Morgan fingerprint density at radius 2 is 1.92 bits per heavy atom. The summed E-state index contributed by atoms with van der Waals surface area (Å²) in [6, 6.07) is 4.74. The number of urea groups is 1. The van der Waals surface area contributed by atoms with E-state index in [9.17, 15) is 14.4 Å². The quantitative estimate of drug-likeness (QED) is 0.818. The summed E-state index contributed by atoms with van der Waals surface area (Å²) in [4.78, 5) is 45.9. The SMILES string of the molecule is C[C@@H](C(=O)Nc1ccccn1)N1CCC2(CC1)C(=O)N(C)C(=O)N2C. The summed E-state index contributed by atoms with van der Waals surface area (Å²) < 4.78 is 0. The molecule has 4 amide bonds. The molecule has 0 bridgehead atoms. The molecule has 0 unspecified atom stereocenters. The summed E-state index contributed by atoms with van der Waals surface area (Å²) in [6.07, 6.45) is 2.68. The summed E-state index contributed by atoms with van der Waals surface area (Å²) in [5, 5.41) is 2.80. The van der Waals surface area contributed by atoms with E-state index in [1.807, 2.05) is 17.9 Å². The van der Waals surface area contributed by atoms with Crippen LogP contribution in [0.4, 0.5) is 10.6 Å². The second kappa shape index (κ2) is 6.44. The van der Waals surface area contributed by atoms with Crippen molar-refractivity contribution < 1.29 is 14.4 Å². The van der Waals surface area contributed by atoms with Crippen molar-refractivity contribution in [3.8, 4) is 0 Å². The Morgan fingerprint density at radius 3 is 2.44 bits per heavy atom. The molecular weight excluding hydrogens is 322 g/mol. The van der Waals surface area contributed by atoms with E-state index in [0.717, 1.165) is 0 Å². The molecule has 0 radical (unpaired) electrons. The minimum absolute atomic E-state index is 0.131. The van der Waals surface area contributed by atoms with Crippen molar-refractivity contribution in [1.82, 2.24) is 19.7 Å². The molecule has 25 heavy (non-hydrogen) atoms. The van der Waals surface area contributed by atoms with Crippen molar-refractivity contribution in [1.29, 1.82) is 0 Å². The van der Waals surface area contributed by atoms with Gasteiger partial charge in [-0.3, -0.25) is 19.4 Å². The Morgan fingerprint density at radius 1 is 1.24 bits per heavy atom. The lowest BCUT2D eigenvalue weighted by atomic mass is 9.85. The molecule has 1 aromatic heterocycles. The standard InChI is InChI=1S/C17H23N5O3/c1-12(14(23)19-13-6-4-5-9-18-13)22-10-7-17(8-11-22)15(24)20(2)16(25)21(17)3/h4-6,9,12H,7-8,10-11H2,1-3H3,(H,18,19,23)/t12-/m0/s1. The smallest absolute Gasteiger partial charge is 0.312 e. The molecule has 0 saturated carbocycles. The molecule has 1 N–H and O–H groups in total. The highest BCUT2D eigenvalue weighted by Crippen LogP contribution is 2.35. The van der Waals surface area contributed by atoms with Crippen LogP contribution in [0.15, 0.2) is 24.4 Å². The molecular formula is C17H23N5O3. The van der Waals surface area contributed by atoms with Crippen LogP contribution in [0.25, 0.3) is 0 Å². The Labute approximate surface area is 146 Å². The largest absolute Gasteiger partial charge is 0.327 e. The minimum Gasteiger partial charge on any atom is -0.312 e. The molecule has 1 atom stereocenters. The van der Waals surface area contributed by atoms with E-state index in [0.29, 0.717) is 31.7 Å². The number of anilines is 1. The number of nitrogens with zero attached hydrogens (tertiary/aromatic N) is 4. The van der Waals surface area contributed by atoms with Gasteiger partial charge in [0.2, 0.25) is 5.91 Å². The minimum atomic E-state index is -0.764. The molecule has 134 valence electrons. The van der Waals surface area contributed by atoms with E-state index in [2.05, 4.69) is 10.3 Å². The van der Waals surface area contributed by atoms with E-state index in [4.69, 9.17) is 0 Å². The number of hydrogen-bond acceptors (Lipinski definition) is 5. The number of likely N-dealkylation sites (tertiary alicyclic amines) is 1. The molecule has 1 spiro atoms. The average Bonchev–Trinajstić information content (AvgIpc) is 2.79. The van der Waals surface area contributed by atoms with Gasteiger partial charge in [0.1, 0.15) is 11.4 Å². The number of hydrogen-bond donors (Lipinski definition) is 1. The normalized spacial score (nSPS) is 21.7. The molecule has 0 aliphatic carbocycles. The van der Waals surface area contributed by atoms with Gasteiger partial charge in [0.15, 0.2) is 0 Å². The van der Waals surface area contributed by atoms with Crippen molar-refractivity contribution in [3.63, 3.8) is 0 Å². The predicted molar refractivity (Wildman–Crippen MR) is 91.8 cm³/mol. The molecule has 0 aromatic carbocycles. The number of imide groups is 1. The Bertz CT molecular complexity index is 685. The first-order valence-corrected chi connectivity index (χ1v) is 8.39. The molecule has 2 aliphatic heterocycles. The second-order valence-electron chi connectivity index (χ2n) is 6.65. The third-order valence-corrected chi connectivity index (χ3v) is 5.39. The van der Waals surface area contributed by atoms with Gasteiger partial charge >= 0.3 is 6.03 Å². The lowest BCUT2D eigenvalue weighted by molar-refractivity contribution is -0.135. The fourth-order valence-corrected chi connectivity index (χ4v) is 3.61. The molecule has 1 aromatic rings. The van der Waals surface area contributed by atoms with Crippen LogP contribution in [-0.2, 0) is 9.59 Å². The van der Waals surface area contributed by atoms with Gasteiger partial charge < -0.3 is 10.2 Å². The van der Waals surface area contributed by atoms with Crippen molar-refractivity contribution in [2.75, 3.05) is 32.5 Å². The summed E-state index contributed by atoms with van der Waals surface area (Å²) >= 11 is 0. The third kappa shape index (κ3) is 2.86. The van der Waals surface area contributed by atoms with Crippen LogP contribution in [0.3, 0.4) is 0 Å². The van der Waals surface area contributed by atoms with E-state index in [1.54, 1.807) is 30.3 Å². The first-order valence-electron chi connectivity index (χ1n) is 8.39. The predicted octanol–water partition coefficient (Wildman–Crippen LogP) is 0.767. The number of carbonyl (C=O) groups is 3. The highest BCUT2D eigenvalue weighted by molar-refractivity contribution is 6.06. The van der Waals surface area contributed by atoms with Crippen LogP contribution < -0.4 is 5.32 Å². The maximum Gasteiger partial charge on any atom is 0.327 e. The van der Waals surface area contributed by atoms with Gasteiger partial charge in [0, 0.05) is 33.4 Å². The van der Waals surface area contributed by atoms with Crippen LogP contribution in [0.5, 0.6) is 0 Å². The van der Waals surface area contributed by atoms with Gasteiger partial charge in [-0.1, -0.05) is 6.07 Å². The number of aromatic nitrogens is 1. The van der Waals surface area contributed by atoms with E-state index in [-0.39, 0.29) is 23.9 Å². The zero-order valence-electron chi connectivity index (χ0n) is 14.7. The molecule has 2 aliphatic rings. The summed E-state index contributed by atoms with van der Waals surface area (Å²) in [7, 11) is 3.20. The van der Waals surface area contributed by atoms with Gasteiger partial charge in [0.05, 0.1) is 6.04 Å². The van der Waals surface area contributed by atoms with Crippen LogP contribution in [-0.4, -0.2) is 76.3 Å². The lowest BCUT2D eigenvalue weighted by Gasteiger charge is -2.42. The first kappa shape index (κ1) is 17.3. The number of nitrogens with one attached hydrogen (secondary N) is 1. The van der Waals surface area contributed by atoms with Gasteiger partial charge in [0.25, 0.3) is 5.91 Å². The summed E-state index contributed by atoms with van der Waals surface area (Å²) in [6.45, 7) is 3.00. The number of pyridine rings is 1. The second-order valence-corrected chi connectivity index (χ2v) is 6.65. The van der Waals surface area contributed by atoms with Gasteiger partial charge in [-0.25, -0.2) is 9.78 Å². The van der Waals surface area contributed by atoms with Gasteiger partial charge in [-0.2, -0.15) is 0 Å². The van der Waals surface area contributed by atoms with E-state index in [1.165, 1.54) is 11.9 Å². The third-order valence-electron chi connectivity index (χ3n) is 5.39. The van der Waals surface area contributed by atoms with Crippen LogP contribution in [0.2, 0.25) is 0 Å². The monoisotopic (exact) mass is 345 g/mol. The summed E-state index contributed by atoms with van der Waals surface area (Å²) in [5.74, 6) is 0.241. The van der Waals surface area contributed by atoms with Crippen molar-refractivity contribution in [2.45, 2.75) is 31.3 Å². The summed E-state index contributed by atoms with van der Waals surface area (Å²) in [5.41, 5.74) is -0.764. The van der Waals surface area contributed by atoms with Crippen LogP contribution >= 0.6 is 0 Å². The van der Waals surface area contributed by atoms with Gasteiger partial charge in [-0.05, 0) is 31.9 Å². The highest BCUT2D eigenvalue weighted by atomic mass is 16.2. The zero-order valence-corrected chi connectivity index (χ0v) is 14.7. The van der Waals surface area contributed by atoms with Crippen molar-refractivity contribution in [2.24, 2.45) is 0 Å².